The molecule has 3 heterocycles. The van der Waals surface area contributed by atoms with Crippen molar-refractivity contribution in [1.29, 1.82) is 0 Å². The van der Waals surface area contributed by atoms with E-state index in [1.54, 1.807) is 4.90 Å². The lowest BCUT2D eigenvalue weighted by Gasteiger charge is -2.31. The average molecular weight is 473 g/mol. The summed E-state index contributed by atoms with van der Waals surface area (Å²) in [6.45, 7) is 8.41. The van der Waals surface area contributed by atoms with Crippen LogP contribution < -0.4 is 10.2 Å². The lowest BCUT2D eigenvalue weighted by molar-refractivity contribution is -0.135. The molecule has 7 heteroatoms. The molecule has 182 valence electrons. The van der Waals surface area contributed by atoms with Crippen molar-refractivity contribution in [3.63, 3.8) is 0 Å². The van der Waals surface area contributed by atoms with E-state index >= 15 is 0 Å². The molecule has 35 heavy (non-hydrogen) atoms. The molecule has 2 aliphatic rings. The number of rotatable bonds is 7. The minimum atomic E-state index is -0.240. The molecule has 0 saturated carbocycles. The molecule has 2 aliphatic heterocycles. The molecule has 3 aromatic rings. The maximum Gasteiger partial charge on any atom is 0.251 e. The van der Waals surface area contributed by atoms with Crippen LogP contribution in [-0.4, -0.2) is 32.9 Å². The van der Waals surface area contributed by atoms with Crippen molar-refractivity contribution < 1.29 is 13.9 Å². The average Bonchev–Trinajstić information content (AvgIpc) is 3.45. The molecule has 1 aromatic heterocycles. The summed E-state index contributed by atoms with van der Waals surface area (Å²) in [6, 6.07) is 16.2. The van der Waals surface area contributed by atoms with E-state index < -0.39 is 0 Å². The zero-order valence-electron chi connectivity index (χ0n) is 20.7. The standard InChI is InChI=1S/C28H32N4O3/c1-5-20-6-8-21(9-7-20)24-16-26-28(33)31(14-15-32(26)30-24)17-25-19(4)35-27(29-25)22-10-12-23(13-11-22)34-18(2)3/h6-15,18,24,26,30H,5,16-17H2,1-4H3. The second-order valence-electron chi connectivity index (χ2n) is 9.41. The van der Waals surface area contributed by atoms with Crippen LogP contribution in [0.1, 0.15) is 55.8 Å². The van der Waals surface area contributed by atoms with E-state index in [0.29, 0.717) is 18.2 Å². The van der Waals surface area contributed by atoms with Crippen LogP contribution >= 0.6 is 0 Å². The molecule has 1 fully saturated rings. The topological polar surface area (TPSA) is 70.8 Å². The van der Waals surface area contributed by atoms with Gasteiger partial charge in [-0.1, -0.05) is 31.2 Å². The number of amides is 1. The SMILES string of the molecule is CCc1ccc(C2CC3C(=O)N(Cc4nc(-c5ccc(OC(C)C)cc5)oc4C)C=CN3N2)cc1. The van der Waals surface area contributed by atoms with Gasteiger partial charge in [0.25, 0.3) is 5.91 Å². The first-order chi connectivity index (χ1) is 16.9. The molecule has 0 bridgehead atoms. The van der Waals surface area contributed by atoms with Crippen LogP contribution in [0.2, 0.25) is 0 Å². The van der Waals surface area contributed by atoms with E-state index in [9.17, 15) is 4.79 Å². The molecule has 0 aliphatic carbocycles. The van der Waals surface area contributed by atoms with Gasteiger partial charge in [-0.2, -0.15) is 0 Å². The number of hydrogen-bond donors (Lipinski definition) is 1. The summed E-state index contributed by atoms with van der Waals surface area (Å²) in [5.74, 6) is 2.13. The van der Waals surface area contributed by atoms with Crippen molar-refractivity contribution in [2.24, 2.45) is 0 Å². The molecule has 2 unspecified atom stereocenters. The van der Waals surface area contributed by atoms with Gasteiger partial charge in [0, 0.05) is 18.0 Å². The summed E-state index contributed by atoms with van der Waals surface area (Å²) >= 11 is 0. The van der Waals surface area contributed by atoms with E-state index in [2.05, 4.69) is 36.6 Å². The summed E-state index contributed by atoms with van der Waals surface area (Å²) in [5, 5.41) is 1.93. The van der Waals surface area contributed by atoms with Gasteiger partial charge in [-0.05, 0) is 69.0 Å². The minimum absolute atomic E-state index is 0.0619. The molecule has 5 rings (SSSR count). The minimum Gasteiger partial charge on any atom is -0.491 e. The fourth-order valence-electron chi connectivity index (χ4n) is 4.58. The highest BCUT2D eigenvalue weighted by atomic mass is 16.5. The summed E-state index contributed by atoms with van der Waals surface area (Å²) in [7, 11) is 0. The Balaban J connectivity index is 1.26. The maximum atomic E-state index is 13.3. The maximum absolute atomic E-state index is 13.3. The van der Waals surface area contributed by atoms with Gasteiger partial charge in [0.05, 0.1) is 18.7 Å². The fourth-order valence-corrected chi connectivity index (χ4v) is 4.58. The molecule has 1 N–H and O–H groups in total. The largest absolute Gasteiger partial charge is 0.491 e. The van der Waals surface area contributed by atoms with Crippen LogP contribution in [0.15, 0.2) is 65.3 Å². The van der Waals surface area contributed by atoms with Gasteiger partial charge in [0.1, 0.15) is 23.2 Å². The highest BCUT2D eigenvalue weighted by molar-refractivity contribution is 5.84. The van der Waals surface area contributed by atoms with Crippen LogP contribution in [-0.2, 0) is 17.8 Å². The molecule has 0 spiro atoms. The molecule has 1 amide bonds. The van der Waals surface area contributed by atoms with E-state index in [1.165, 1.54) is 11.1 Å². The van der Waals surface area contributed by atoms with E-state index in [1.807, 2.05) is 62.4 Å². The van der Waals surface area contributed by atoms with Crippen LogP contribution in [0.4, 0.5) is 0 Å². The molecule has 2 atom stereocenters. The van der Waals surface area contributed by atoms with Gasteiger partial charge < -0.3 is 19.1 Å². The first kappa shape index (κ1) is 23.2. The Kier molecular flexibility index (Phi) is 6.34. The predicted molar refractivity (Wildman–Crippen MR) is 134 cm³/mol. The summed E-state index contributed by atoms with van der Waals surface area (Å²) in [5.41, 5.74) is 7.61. The number of aryl methyl sites for hydroxylation is 2. The van der Waals surface area contributed by atoms with Crippen LogP contribution in [0.3, 0.4) is 0 Å². The van der Waals surface area contributed by atoms with Crippen LogP contribution in [0.25, 0.3) is 11.5 Å². The normalized spacial score (nSPS) is 19.5. The number of carbonyl (C=O) groups excluding carboxylic acids is 1. The number of hydrogen-bond acceptors (Lipinski definition) is 6. The number of hydrazine groups is 1. The Labute approximate surface area is 206 Å². The number of ether oxygens (including phenoxy) is 1. The van der Waals surface area contributed by atoms with E-state index in [4.69, 9.17) is 14.1 Å². The third-order valence-corrected chi connectivity index (χ3v) is 6.55. The Morgan fingerprint density at radius 2 is 1.86 bits per heavy atom. The van der Waals surface area contributed by atoms with Crippen molar-refractivity contribution in [3.05, 3.63) is 83.5 Å². The van der Waals surface area contributed by atoms with E-state index in [-0.39, 0.29) is 24.1 Å². The summed E-state index contributed by atoms with van der Waals surface area (Å²) in [6.07, 6.45) is 5.62. The third kappa shape index (κ3) is 4.82. The Bertz CT molecular complexity index is 1210. The van der Waals surface area contributed by atoms with Crippen molar-refractivity contribution in [2.75, 3.05) is 0 Å². The first-order valence-electron chi connectivity index (χ1n) is 12.3. The highest BCUT2D eigenvalue weighted by Crippen LogP contribution is 2.32. The predicted octanol–water partition coefficient (Wildman–Crippen LogP) is 5.13. The lowest BCUT2D eigenvalue weighted by atomic mass is 9.99. The monoisotopic (exact) mass is 472 g/mol. The van der Waals surface area contributed by atoms with Gasteiger partial charge in [-0.3, -0.25) is 4.79 Å². The molecule has 1 saturated heterocycles. The smallest absolute Gasteiger partial charge is 0.251 e. The number of carbonyl (C=O) groups is 1. The second kappa shape index (κ2) is 9.58. The van der Waals surface area contributed by atoms with E-state index in [0.717, 1.165) is 29.8 Å². The number of nitrogens with one attached hydrogen (secondary N) is 1. The quantitative estimate of drug-likeness (QED) is 0.514. The highest BCUT2D eigenvalue weighted by Gasteiger charge is 2.40. The summed E-state index contributed by atoms with van der Waals surface area (Å²) in [4.78, 5) is 19.8. The second-order valence-corrected chi connectivity index (χ2v) is 9.41. The summed E-state index contributed by atoms with van der Waals surface area (Å²) < 4.78 is 11.7. The van der Waals surface area contributed by atoms with Gasteiger partial charge in [-0.15, -0.1) is 0 Å². The third-order valence-electron chi connectivity index (χ3n) is 6.55. The van der Waals surface area contributed by atoms with Crippen molar-refractivity contribution in [2.45, 2.75) is 65.3 Å². The van der Waals surface area contributed by atoms with Crippen molar-refractivity contribution >= 4 is 5.91 Å². The Hall–Kier alpha value is -3.58. The first-order valence-corrected chi connectivity index (χ1v) is 12.3. The van der Waals surface area contributed by atoms with Gasteiger partial charge in [-0.25, -0.2) is 10.4 Å². The zero-order chi connectivity index (χ0) is 24.5. The molecular weight excluding hydrogens is 440 g/mol. The van der Waals surface area contributed by atoms with Gasteiger partial charge in [0.15, 0.2) is 0 Å². The number of oxazole rings is 1. The van der Waals surface area contributed by atoms with Crippen molar-refractivity contribution in [3.8, 4) is 17.2 Å². The van der Waals surface area contributed by atoms with Crippen molar-refractivity contribution in [1.82, 2.24) is 20.3 Å². The zero-order valence-corrected chi connectivity index (χ0v) is 20.7. The molecule has 2 aromatic carbocycles. The Morgan fingerprint density at radius 1 is 1.11 bits per heavy atom. The number of aromatic nitrogens is 1. The molecule has 7 nitrogen and oxygen atoms in total. The van der Waals surface area contributed by atoms with Crippen LogP contribution in [0.5, 0.6) is 5.75 Å². The van der Waals surface area contributed by atoms with Crippen LogP contribution in [0, 0.1) is 6.92 Å². The van der Waals surface area contributed by atoms with Gasteiger partial charge in [0.2, 0.25) is 5.89 Å². The number of nitrogens with zero attached hydrogens (tertiary/aromatic N) is 3. The Morgan fingerprint density at radius 3 is 2.54 bits per heavy atom. The molecular formula is C28H32N4O3. The van der Waals surface area contributed by atoms with Gasteiger partial charge >= 0.3 is 0 Å². The molecule has 0 radical (unpaired) electrons. The number of benzene rings is 2. The lowest BCUT2D eigenvalue weighted by Crippen LogP contribution is -2.47. The fraction of sp³-hybridized carbons (Fsp3) is 0.357. The number of fused-ring (bicyclic) bond motifs is 1.